The van der Waals surface area contributed by atoms with Crippen molar-refractivity contribution in [1.29, 1.82) is 0 Å². The minimum Gasteiger partial charge on any atom is -0.492 e. The molecular weight excluding hydrogens is 326 g/mol. The molecule has 0 saturated carbocycles. The van der Waals surface area contributed by atoms with Gasteiger partial charge in [-0.2, -0.15) is 0 Å². The van der Waals surface area contributed by atoms with Crippen molar-refractivity contribution in [2.24, 2.45) is 5.73 Å². The van der Waals surface area contributed by atoms with E-state index in [0.717, 1.165) is 0 Å². The monoisotopic (exact) mass is 345 g/mol. The predicted molar refractivity (Wildman–Crippen MR) is 87.4 cm³/mol. The van der Waals surface area contributed by atoms with Crippen LogP contribution in [-0.2, 0) is 0 Å². The van der Waals surface area contributed by atoms with Crippen LogP contribution in [0.3, 0.4) is 0 Å². The molecule has 8 heteroatoms. The van der Waals surface area contributed by atoms with Crippen molar-refractivity contribution in [2.45, 2.75) is 38.1 Å². The van der Waals surface area contributed by atoms with Gasteiger partial charge in [0.1, 0.15) is 17.0 Å². The first-order chi connectivity index (χ1) is 11.6. The maximum absolute atomic E-state index is 11.5. The second kappa shape index (κ2) is 5.59. The lowest BCUT2D eigenvalue weighted by atomic mass is 9.77. The maximum Gasteiger partial charge on any atom is 0.248 e. The van der Waals surface area contributed by atoms with Crippen molar-refractivity contribution < 1.29 is 24.5 Å². The van der Waals surface area contributed by atoms with Crippen molar-refractivity contribution >= 4 is 5.91 Å². The third-order valence-electron chi connectivity index (χ3n) is 4.54. The number of benzene rings is 1. The summed E-state index contributed by atoms with van der Waals surface area (Å²) in [6.07, 6.45) is -0.899. The van der Waals surface area contributed by atoms with Crippen LogP contribution in [0.4, 0.5) is 0 Å². The van der Waals surface area contributed by atoms with E-state index in [1.54, 1.807) is 32.9 Å². The molecule has 132 valence electrons. The third-order valence-corrected chi connectivity index (χ3v) is 4.54. The van der Waals surface area contributed by atoms with Gasteiger partial charge in [0.15, 0.2) is 6.10 Å². The molecule has 0 saturated heterocycles. The van der Waals surface area contributed by atoms with E-state index in [0.29, 0.717) is 11.3 Å². The second-order valence-electron chi connectivity index (χ2n) is 6.60. The Kier molecular flexibility index (Phi) is 3.80. The first kappa shape index (κ1) is 17.0. The standard InChI is InChI=1S/C17H19N3O5/c1-16(2)17(3,23)14(24-13-7-6-12(21)19-20-13)10-8-9(15(18)22)4-5-11(10)25-16/h4-8,14,23H,1-3H3,(H2,18,22)(H,19,21). The lowest BCUT2D eigenvalue weighted by molar-refractivity contribution is -0.175. The van der Waals surface area contributed by atoms with Gasteiger partial charge in [-0.15, -0.1) is 10.2 Å². The van der Waals surface area contributed by atoms with Gasteiger partial charge in [-0.25, -0.2) is 0 Å². The van der Waals surface area contributed by atoms with Gasteiger partial charge in [0.2, 0.25) is 17.7 Å². The normalized spacial score (nSPS) is 24.1. The number of aromatic nitrogens is 2. The number of nitrogens with zero attached hydrogens (tertiary/aromatic N) is 2. The fourth-order valence-electron chi connectivity index (χ4n) is 2.67. The number of amides is 1. The topological polar surface area (TPSA) is 128 Å². The molecule has 8 nitrogen and oxygen atoms in total. The minimum absolute atomic E-state index is 0.108. The SMILES string of the molecule is CC1(C)Oc2ccc(C(N)=O)cc2C(Oc2ccc(O)nn2)C1(C)O. The van der Waals surface area contributed by atoms with Crippen LogP contribution in [0.1, 0.15) is 42.8 Å². The lowest BCUT2D eigenvalue weighted by Crippen LogP contribution is -2.59. The predicted octanol–water partition coefficient (Wildman–Crippen LogP) is 1.32. The number of primary amides is 1. The molecule has 0 aliphatic carbocycles. The fourth-order valence-corrected chi connectivity index (χ4v) is 2.67. The highest BCUT2D eigenvalue weighted by molar-refractivity contribution is 5.93. The van der Waals surface area contributed by atoms with E-state index in [4.69, 9.17) is 15.2 Å². The number of carbonyl (C=O) groups excluding carboxylic acids is 1. The molecule has 1 aromatic heterocycles. The van der Waals surface area contributed by atoms with Crippen LogP contribution in [-0.4, -0.2) is 37.5 Å². The van der Waals surface area contributed by atoms with E-state index in [9.17, 15) is 15.0 Å². The zero-order valence-corrected chi connectivity index (χ0v) is 14.1. The summed E-state index contributed by atoms with van der Waals surface area (Å²) in [5, 5.41) is 27.6. The smallest absolute Gasteiger partial charge is 0.248 e. The molecule has 0 bridgehead atoms. The first-order valence-corrected chi connectivity index (χ1v) is 7.66. The number of aliphatic hydroxyl groups is 1. The lowest BCUT2D eigenvalue weighted by Gasteiger charge is -2.48. The van der Waals surface area contributed by atoms with Gasteiger partial charge < -0.3 is 25.4 Å². The number of rotatable bonds is 3. The van der Waals surface area contributed by atoms with Gasteiger partial charge in [0.25, 0.3) is 0 Å². The maximum atomic E-state index is 11.5. The van der Waals surface area contributed by atoms with Crippen molar-refractivity contribution in [3.63, 3.8) is 0 Å². The zero-order valence-electron chi connectivity index (χ0n) is 14.1. The summed E-state index contributed by atoms with van der Waals surface area (Å²) in [7, 11) is 0. The molecule has 1 amide bonds. The highest BCUT2D eigenvalue weighted by atomic mass is 16.6. The number of hydrogen-bond donors (Lipinski definition) is 3. The quantitative estimate of drug-likeness (QED) is 0.765. The second-order valence-corrected chi connectivity index (χ2v) is 6.60. The average Bonchev–Trinajstić information content (AvgIpc) is 2.53. The summed E-state index contributed by atoms with van der Waals surface area (Å²) in [6, 6.07) is 7.45. The molecule has 1 aliphatic rings. The fraction of sp³-hybridized carbons (Fsp3) is 0.353. The molecule has 2 aromatic rings. The van der Waals surface area contributed by atoms with Crippen LogP contribution in [0.5, 0.6) is 17.5 Å². The number of hydrogen-bond acceptors (Lipinski definition) is 7. The number of carbonyl (C=O) groups is 1. The van der Waals surface area contributed by atoms with Gasteiger partial charge >= 0.3 is 0 Å². The zero-order chi connectivity index (χ0) is 18.4. The number of nitrogens with two attached hydrogens (primary N) is 1. The molecule has 0 radical (unpaired) electrons. The first-order valence-electron chi connectivity index (χ1n) is 7.66. The summed E-state index contributed by atoms with van der Waals surface area (Å²) in [5.74, 6) is -0.271. The highest BCUT2D eigenvalue weighted by Gasteiger charge is 2.54. The Balaban J connectivity index is 2.11. The minimum atomic E-state index is -1.46. The summed E-state index contributed by atoms with van der Waals surface area (Å²) in [6.45, 7) is 5.04. The van der Waals surface area contributed by atoms with Crippen LogP contribution in [0.2, 0.25) is 0 Å². The molecular formula is C17H19N3O5. The Morgan fingerprint density at radius 2 is 1.96 bits per heavy atom. The molecule has 4 N–H and O–H groups in total. The van der Waals surface area contributed by atoms with Crippen molar-refractivity contribution in [3.8, 4) is 17.5 Å². The summed E-state index contributed by atoms with van der Waals surface area (Å²) in [4.78, 5) is 11.5. The van der Waals surface area contributed by atoms with Gasteiger partial charge in [0, 0.05) is 23.3 Å². The van der Waals surface area contributed by atoms with E-state index in [1.165, 1.54) is 18.2 Å². The molecule has 1 aliphatic heterocycles. The molecule has 2 heterocycles. The van der Waals surface area contributed by atoms with E-state index in [2.05, 4.69) is 10.2 Å². The van der Waals surface area contributed by atoms with E-state index < -0.39 is 23.2 Å². The Morgan fingerprint density at radius 3 is 2.56 bits per heavy atom. The Hall–Kier alpha value is -2.87. The van der Waals surface area contributed by atoms with Gasteiger partial charge in [0.05, 0.1) is 0 Å². The van der Waals surface area contributed by atoms with Gasteiger partial charge in [-0.05, 0) is 39.0 Å². The third kappa shape index (κ3) is 2.85. The number of ether oxygens (including phenoxy) is 2. The largest absolute Gasteiger partial charge is 0.492 e. The number of fused-ring (bicyclic) bond motifs is 1. The molecule has 1 aromatic carbocycles. The van der Waals surface area contributed by atoms with Crippen LogP contribution in [0, 0.1) is 0 Å². The molecule has 0 spiro atoms. The van der Waals surface area contributed by atoms with Gasteiger partial charge in [-0.1, -0.05) is 0 Å². The summed E-state index contributed by atoms with van der Waals surface area (Å²) in [5.41, 5.74) is 3.64. The van der Waals surface area contributed by atoms with Crippen LogP contribution < -0.4 is 15.2 Å². The van der Waals surface area contributed by atoms with E-state index >= 15 is 0 Å². The molecule has 3 rings (SSSR count). The van der Waals surface area contributed by atoms with Gasteiger partial charge in [-0.3, -0.25) is 4.79 Å². The van der Waals surface area contributed by atoms with Crippen LogP contribution >= 0.6 is 0 Å². The molecule has 2 atom stereocenters. The van der Waals surface area contributed by atoms with E-state index in [1.807, 2.05) is 0 Å². The van der Waals surface area contributed by atoms with Crippen molar-refractivity contribution in [2.75, 3.05) is 0 Å². The molecule has 25 heavy (non-hydrogen) atoms. The van der Waals surface area contributed by atoms with E-state index in [-0.39, 0.29) is 17.3 Å². The highest BCUT2D eigenvalue weighted by Crippen LogP contribution is 2.48. The van der Waals surface area contributed by atoms with Crippen LogP contribution in [0.15, 0.2) is 30.3 Å². The molecule has 2 unspecified atom stereocenters. The Morgan fingerprint density at radius 1 is 1.24 bits per heavy atom. The summed E-state index contributed by atoms with van der Waals surface area (Å²) < 4.78 is 11.8. The summed E-state index contributed by atoms with van der Waals surface area (Å²) >= 11 is 0. The van der Waals surface area contributed by atoms with Crippen molar-refractivity contribution in [3.05, 3.63) is 41.5 Å². The van der Waals surface area contributed by atoms with Crippen LogP contribution in [0.25, 0.3) is 0 Å². The average molecular weight is 345 g/mol. The Labute approximate surface area is 144 Å². The molecule has 0 fully saturated rings. The Bertz CT molecular complexity index is 818. The van der Waals surface area contributed by atoms with Crippen molar-refractivity contribution in [1.82, 2.24) is 10.2 Å². The number of aromatic hydroxyl groups is 1.